The second-order valence-corrected chi connectivity index (χ2v) is 11.3. The van der Waals surface area contributed by atoms with Crippen LogP contribution in [0.1, 0.15) is 3.58 Å². The first-order valence-corrected chi connectivity index (χ1v) is 12.7. The third-order valence-electron chi connectivity index (χ3n) is 4.86. The van der Waals surface area contributed by atoms with Crippen LogP contribution < -0.4 is 10.2 Å². The van der Waals surface area contributed by atoms with Crippen LogP contribution in [0.15, 0.2) is 76.0 Å². The molecular weight excluding hydrogens is 530 g/mol. The van der Waals surface area contributed by atoms with E-state index in [1.165, 1.54) is 18.4 Å². The number of rotatable bonds is 2. The molecule has 0 atom stereocenters. The fraction of sp³-hybridized carbons (Fsp3) is 0.0455. The summed E-state index contributed by atoms with van der Waals surface area (Å²) in [6.07, 6.45) is 1.72. The second-order valence-electron chi connectivity index (χ2n) is 6.73. The van der Waals surface area contributed by atoms with Gasteiger partial charge in [0.2, 0.25) is 0 Å². The van der Waals surface area contributed by atoms with E-state index in [0.29, 0.717) is 0 Å². The fourth-order valence-electron chi connectivity index (χ4n) is 3.37. The van der Waals surface area contributed by atoms with Gasteiger partial charge in [0.05, 0.1) is 0 Å². The van der Waals surface area contributed by atoms with E-state index in [2.05, 4.69) is 64.8 Å². The number of nitrogens with zero attached hydrogens (tertiary/aromatic N) is 2. The molecule has 5 nitrogen and oxygen atoms in total. The third-order valence-corrected chi connectivity index (χ3v) is 9.27. The van der Waals surface area contributed by atoms with Gasteiger partial charge in [-0.1, -0.05) is 0 Å². The molecule has 30 heavy (non-hydrogen) atoms. The average Bonchev–Trinajstić information content (AvgIpc) is 3.21. The van der Waals surface area contributed by atoms with Crippen molar-refractivity contribution in [3.63, 3.8) is 0 Å². The molecule has 0 spiro atoms. The first kappa shape index (κ1) is 19.6. The monoisotopic (exact) mass is 547 g/mol. The molecule has 0 saturated carbocycles. The zero-order chi connectivity index (χ0) is 20.8. The van der Waals surface area contributed by atoms with E-state index in [1.807, 2.05) is 6.07 Å². The van der Waals surface area contributed by atoms with E-state index >= 15 is 0 Å². The Bertz CT molecular complexity index is 1200. The Hall–Kier alpha value is -2.37. The number of likely N-dealkylation sites (N-methyl/N-ethyl adjacent to an activating group) is 1. The van der Waals surface area contributed by atoms with E-state index in [0.717, 1.165) is 15.0 Å². The van der Waals surface area contributed by atoms with Crippen LogP contribution in [0.2, 0.25) is 0 Å². The maximum absolute atomic E-state index is 12.5. The summed E-state index contributed by atoms with van der Waals surface area (Å²) in [7, 11) is 1.57. The van der Waals surface area contributed by atoms with Gasteiger partial charge in [0.1, 0.15) is 0 Å². The Labute approximate surface area is 193 Å². The molecule has 2 aliphatic heterocycles. The summed E-state index contributed by atoms with van der Waals surface area (Å²) in [4.78, 5) is 30.9. The normalized spacial score (nSPS) is 17.1. The number of thiocarbonyl (C=S) groups is 1. The van der Waals surface area contributed by atoms with Crippen LogP contribution in [-0.4, -0.2) is 49.3 Å². The molecule has 0 radical (unpaired) electrons. The van der Waals surface area contributed by atoms with E-state index in [4.69, 9.17) is 12.2 Å². The Balaban J connectivity index is 1.56. The van der Waals surface area contributed by atoms with Gasteiger partial charge >= 0.3 is 194 Å². The topological polar surface area (TPSA) is 52.7 Å². The van der Waals surface area contributed by atoms with Crippen LogP contribution in [0, 0.1) is 0 Å². The SMILES string of the molecule is CN1C(=O)/C(=C/c2ccc(N3c4ccccc4Sc4ccccc43)[te]2)C(=O)NC1=S. The van der Waals surface area contributed by atoms with E-state index in [-0.39, 0.29) is 16.6 Å². The minimum atomic E-state index is -0.797. The van der Waals surface area contributed by atoms with Gasteiger partial charge in [-0.15, -0.1) is 0 Å². The number of hydrogen-bond acceptors (Lipinski definition) is 5. The third kappa shape index (κ3) is 3.30. The number of hydrogen-bond donors (Lipinski definition) is 1. The number of carbonyl (C=O) groups excluding carboxylic acids is 2. The number of anilines is 3. The number of para-hydroxylation sites is 2. The molecule has 3 aromatic rings. The summed E-state index contributed by atoms with van der Waals surface area (Å²) in [5.41, 5.74) is 2.46. The predicted molar refractivity (Wildman–Crippen MR) is 124 cm³/mol. The van der Waals surface area contributed by atoms with Gasteiger partial charge in [0.15, 0.2) is 0 Å². The van der Waals surface area contributed by atoms with Crippen LogP contribution in [0.4, 0.5) is 15.1 Å². The predicted octanol–water partition coefficient (Wildman–Crippen LogP) is 3.93. The molecule has 2 amide bonds. The number of benzene rings is 2. The van der Waals surface area contributed by atoms with Crippen molar-refractivity contribution in [1.82, 2.24) is 10.2 Å². The van der Waals surface area contributed by atoms with Crippen molar-refractivity contribution in [2.24, 2.45) is 0 Å². The van der Waals surface area contributed by atoms with Crippen LogP contribution in [-0.2, 0) is 9.59 Å². The molecule has 3 heterocycles. The van der Waals surface area contributed by atoms with Crippen molar-refractivity contribution in [3.8, 4) is 0 Å². The van der Waals surface area contributed by atoms with Gasteiger partial charge in [-0.25, -0.2) is 0 Å². The molecule has 1 N–H and O–H groups in total. The summed E-state index contributed by atoms with van der Waals surface area (Å²) < 4.78 is 2.25. The summed E-state index contributed by atoms with van der Waals surface area (Å²) in [6.45, 7) is 0. The molecule has 1 saturated heterocycles. The Kier molecular flexibility index (Phi) is 5.03. The van der Waals surface area contributed by atoms with Crippen molar-refractivity contribution in [3.05, 3.63) is 69.8 Å². The summed E-state index contributed by atoms with van der Waals surface area (Å²) in [5.74, 6) is -0.800. The number of carbonyl (C=O) groups is 2. The standard InChI is InChI=1S/C22H15N3O2S2Te/c1-24-21(27)14(20(26)23-22(24)28)12-13-10-11-19(30-13)25-15-6-2-4-8-17(15)29-18-9-5-3-7-16(18)25/h2-12H,1H3,(H,23,26,28)/b14-12+. The first-order valence-electron chi connectivity index (χ1n) is 9.14. The Morgan fingerprint density at radius 1 is 0.967 bits per heavy atom. The van der Waals surface area contributed by atoms with Crippen molar-refractivity contribution < 1.29 is 9.59 Å². The molecule has 148 valence electrons. The van der Waals surface area contributed by atoms with Crippen molar-refractivity contribution in [1.29, 1.82) is 0 Å². The van der Waals surface area contributed by atoms with Gasteiger partial charge in [0, 0.05) is 0 Å². The van der Waals surface area contributed by atoms with Crippen LogP contribution in [0.25, 0.3) is 6.08 Å². The molecule has 2 aromatic carbocycles. The van der Waals surface area contributed by atoms with Crippen molar-refractivity contribution >= 4 is 82.5 Å². The molecule has 1 aromatic heterocycles. The molecule has 2 aliphatic rings. The molecule has 0 bridgehead atoms. The van der Waals surface area contributed by atoms with E-state index in [1.54, 1.807) is 24.9 Å². The zero-order valence-electron chi connectivity index (χ0n) is 15.8. The van der Waals surface area contributed by atoms with Gasteiger partial charge in [-0.3, -0.25) is 0 Å². The fourth-order valence-corrected chi connectivity index (χ4v) is 7.40. The van der Waals surface area contributed by atoms with Crippen LogP contribution >= 0.6 is 24.0 Å². The number of nitrogens with one attached hydrogen (secondary N) is 1. The Morgan fingerprint density at radius 2 is 1.60 bits per heavy atom. The van der Waals surface area contributed by atoms with Crippen LogP contribution in [0.5, 0.6) is 0 Å². The zero-order valence-corrected chi connectivity index (χ0v) is 19.7. The second kappa shape index (κ2) is 7.71. The van der Waals surface area contributed by atoms with E-state index in [9.17, 15) is 9.59 Å². The van der Waals surface area contributed by atoms with Crippen molar-refractivity contribution in [2.45, 2.75) is 9.79 Å². The van der Waals surface area contributed by atoms with Crippen LogP contribution in [0.3, 0.4) is 0 Å². The average molecular weight is 545 g/mol. The Morgan fingerprint density at radius 3 is 2.27 bits per heavy atom. The number of fused-ring (bicyclic) bond motifs is 2. The summed E-state index contributed by atoms with van der Waals surface area (Å²) in [6, 6.07) is 20.9. The molecule has 0 aliphatic carbocycles. The first-order chi connectivity index (χ1) is 14.5. The van der Waals surface area contributed by atoms with Gasteiger partial charge in [-0.2, -0.15) is 0 Å². The van der Waals surface area contributed by atoms with Crippen molar-refractivity contribution in [2.75, 3.05) is 11.9 Å². The minimum absolute atomic E-state index is 0.132. The van der Waals surface area contributed by atoms with Gasteiger partial charge in [0.25, 0.3) is 0 Å². The number of amides is 2. The van der Waals surface area contributed by atoms with Gasteiger partial charge < -0.3 is 0 Å². The maximum atomic E-state index is 12.5. The van der Waals surface area contributed by atoms with Gasteiger partial charge in [-0.05, 0) is 0 Å². The quantitative estimate of drug-likeness (QED) is 0.179. The molecule has 0 unspecified atom stereocenters. The molecule has 8 heteroatoms. The molecular formula is C22H15N3O2S2Te. The van der Waals surface area contributed by atoms with E-state index < -0.39 is 26.3 Å². The molecule has 5 rings (SSSR count). The molecule has 1 fully saturated rings. The summed E-state index contributed by atoms with van der Waals surface area (Å²) >= 11 is 6.00. The summed E-state index contributed by atoms with van der Waals surface area (Å²) in [5, 5.41) is 2.71.